The van der Waals surface area contributed by atoms with Gasteiger partial charge >= 0.3 is 0 Å². The number of fused-ring (bicyclic) bond motifs is 6. The number of furan rings is 1. The van der Waals surface area contributed by atoms with Crippen molar-refractivity contribution in [1.82, 2.24) is 19.5 Å². The topological polar surface area (TPSA) is 56.7 Å². The van der Waals surface area contributed by atoms with Crippen molar-refractivity contribution in [2.45, 2.75) is 0 Å². The summed E-state index contributed by atoms with van der Waals surface area (Å²) in [5, 5.41) is 4.45. The van der Waals surface area contributed by atoms with E-state index >= 15 is 0 Å². The zero-order valence-corrected chi connectivity index (χ0v) is 33.5. The molecule has 5 nitrogen and oxygen atoms in total. The Kier molecular flexibility index (Phi) is 8.42. The molecule has 5 heteroatoms. The number of rotatable bonds is 7. The maximum Gasteiger partial charge on any atom is 0.167 e. The summed E-state index contributed by atoms with van der Waals surface area (Å²) in [5.41, 5.74) is 14.0. The first kappa shape index (κ1) is 35.5. The molecule has 0 aliphatic heterocycles. The first-order valence-electron chi connectivity index (χ1n) is 20.9. The predicted molar refractivity (Wildman–Crippen MR) is 254 cm³/mol. The van der Waals surface area contributed by atoms with Gasteiger partial charge in [0, 0.05) is 43.9 Å². The molecular weight excluding hydrogens is 757 g/mol. The van der Waals surface area contributed by atoms with Crippen molar-refractivity contribution >= 4 is 43.7 Å². The van der Waals surface area contributed by atoms with Crippen molar-refractivity contribution in [3.05, 3.63) is 218 Å². The van der Waals surface area contributed by atoms with Crippen LogP contribution in [-0.2, 0) is 0 Å². The van der Waals surface area contributed by atoms with Gasteiger partial charge in [-0.05, 0) is 82.4 Å². The lowest BCUT2D eigenvalue weighted by atomic mass is 9.86. The van der Waals surface area contributed by atoms with E-state index in [4.69, 9.17) is 19.4 Å². The van der Waals surface area contributed by atoms with Gasteiger partial charge in [0.1, 0.15) is 11.2 Å². The van der Waals surface area contributed by atoms with Gasteiger partial charge in [-0.25, -0.2) is 15.0 Å². The Bertz CT molecular complexity index is 3610. The second-order valence-corrected chi connectivity index (χ2v) is 15.6. The van der Waals surface area contributed by atoms with Crippen LogP contribution in [0.1, 0.15) is 0 Å². The Hall–Kier alpha value is -8.41. The minimum absolute atomic E-state index is 0.541. The fraction of sp³-hybridized carbons (Fsp3) is 0. The van der Waals surface area contributed by atoms with Crippen LogP contribution in [0.2, 0.25) is 0 Å². The third kappa shape index (κ3) is 5.98. The monoisotopic (exact) mass is 792 g/mol. The van der Waals surface area contributed by atoms with Crippen molar-refractivity contribution in [2.75, 3.05) is 0 Å². The quantitative estimate of drug-likeness (QED) is 0.161. The second kappa shape index (κ2) is 14.7. The largest absolute Gasteiger partial charge is 0.455 e. The highest BCUT2D eigenvalue weighted by molar-refractivity contribution is 6.12. The summed E-state index contributed by atoms with van der Waals surface area (Å²) in [6, 6.07) is 76.4. The molecule has 0 saturated carbocycles. The molecule has 0 bridgehead atoms. The fourth-order valence-corrected chi connectivity index (χ4v) is 9.01. The summed E-state index contributed by atoms with van der Waals surface area (Å²) >= 11 is 0. The van der Waals surface area contributed by atoms with Crippen LogP contribution in [0.4, 0.5) is 0 Å². The number of nitrogens with zero attached hydrogens (tertiary/aromatic N) is 4. The lowest BCUT2D eigenvalue weighted by molar-refractivity contribution is 0.669. The van der Waals surface area contributed by atoms with E-state index in [1.54, 1.807) is 0 Å². The van der Waals surface area contributed by atoms with Gasteiger partial charge < -0.3 is 8.98 Å². The second-order valence-electron chi connectivity index (χ2n) is 15.6. The summed E-state index contributed by atoms with van der Waals surface area (Å²) < 4.78 is 8.93. The van der Waals surface area contributed by atoms with E-state index in [1.165, 1.54) is 16.3 Å². The van der Waals surface area contributed by atoms with Crippen molar-refractivity contribution in [2.24, 2.45) is 0 Å². The molecule has 290 valence electrons. The molecule has 3 heterocycles. The van der Waals surface area contributed by atoms with Crippen molar-refractivity contribution in [3.8, 4) is 73.2 Å². The van der Waals surface area contributed by atoms with Crippen LogP contribution in [0.3, 0.4) is 0 Å². The van der Waals surface area contributed by atoms with Crippen LogP contribution in [0.15, 0.2) is 223 Å². The van der Waals surface area contributed by atoms with E-state index in [2.05, 4.69) is 180 Å². The summed E-state index contributed by atoms with van der Waals surface area (Å²) in [4.78, 5) is 16.0. The van der Waals surface area contributed by atoms with Crippen LogP contribution >= 0.6 is 0 Å². The minimum atomic E-state index is 0.541. The third-order valence-corrected chi connectivity index (χ3v) is 11.9. The predicted octanol–water partition coefficient (Wildman–Crippen LogP) is 14.9. The van der Waals surface area contributed by atoms with E-state index < -0.39 is 0 Å². The summed E-state index contributed by atoms with van der Waals surface area (Å²) in [7, 11) is 0. The van der Waals surface area contributed by atoms with Gasteiger partial charge in [-0.15, -0.1) is 0 Å². The highest BCUT2D eigenvalue weighted by atomic mass is 16.3. The lowest BCUT2D eigenvalue weighted by Crippen LogP contribution is -2.02. The van der Waals surface area contributed by atoms with Crippen LogP contribution in [0, 0.1) is 0 Å². The molecule has 0 amide bonds. The van der Waals surface area contributed by atoms with Crippen molar-refractivity contribution < 1.29 is 4.42 Å². The van der Waals surface area contributed by atoms with Crippen LogP contribution in [0.25, 0.3) is 117 Å². The first-order chi connectivity index (χ1) is 30.7. The molecule has 3 aromatic heterocycles. The van der Waals surface area contributed by atoms with E-state index in [9.17, 15) is 0 Å². The molecule has 0 fully saturated rings. The van der Waals surface area contributed by atoms with E-state index in [0.29, 0.717) is 17.5 Å². The maximum atomic E-state index is 6.57. The van der Waals surface area contributed by atoms with Crippen molar-refractivity contribution in [1.29, 1.82) is 0 Å². The minimum Gasteiger partial charge on any atom is -0.455 e. The molecule has 0 N–H and O–H groups in total. The molecule has 0 unspecified atom stereocenters. The van der Waals surface area contributed by atoms with Gasteiger partial charge in [0.15, 0.2) is 17.5 Å². The van der Waals surface area contributed by atoms with Crippen LogP contribution in [-0.4, -0.2) is 19.5 Å². The summed E-state index contributed by atoms with van der Waals surface area (Å²) in [5.74, 6) is 1.69. The van der Waals surface area contributed by atoms with Crippen LogP contribution in [0.5, 0.6) is 0 Å². The Morgan fingerprint density at radius 1 is 0.323 bits per heavy atom. The molecule has 9 aromatic carbocycles. The van der Waals surface area contributed by atoms with Gasteiger partial charge in [-0.1, -0.05) is 164 Å². The maximum absolute atomic E-state index is 6.57. The molecular formula is C57H36N4O. The molecule has 12 aromatic rings. The first-order valence-corrected chi connectivity index (χ1v) is 20.9. The molecule has 0 radical (unpaired) electrons. The Morgan fingerprint density at radius 2 is 0.887 bits per heavy atom. The van der Waals surface area contributed by atoms with Crippen LogP contribution < -0.4 is 0 Å². The van der Waals surface area contributed by atoms with E-state index in [-0.39, 0.29) is 0 Å². The van der Waals surface area contributed by atoms with Gasteiger partial charge in [-0.3, -0.25) is 0 Å². The number of para-hydroxylation sites is 4. The van der Waals surface area contributed by atoms with Gasteiger partial charge in [0.2, 0.25) is 0 Å². The number of aromatic nitrogens is 4. The Balaban J connectivity index is 1.17. The highest BCUT2D eigenvalue weighted by Gasteiger charge is 2.23. The molecule has 0 aliphatic rings. The van der Waals surface area contributed by atoms with Gasteiger partial charge in [-0.2, -0.15) is 0 Å². The number of hydrogen-bond acceptors (Lipinski definition) is 4. The molecule has 62 heavy (non-hydrogen) atoms. The SMILES string of the molecule is c1ccc(-c2cc(-c3ccc4c(c3)c3ccccc3n4-c3ccccc3)c(-c3ccccc3)c(-c3nc(-c4ccccc4)nc(-c4cccc5c4oc4ccccc45)n3)c2)cc1. The fourth-order valence-electron chi connectivity index (χ4n) is 9.01. The molecule has 0 saturated heterocycles. The standard InChI is InChI=1S/C57H36N4O/c1-5-18-37(19-6-1)41-35-47(40-32-33-51-48(34-40)43-26-13-15-30-50(43)61(51)42-24-11-4-12-25-42)53(38-20-7-2-8-21-38)49(36-41)57-59-55(39-22-9-3-10-23-39)58-56(60-57)46-29-17-28-45-44-27-14-16-31-52(44)62-54(45)46/h1-36H. The van der Waals surface area contributed by atoms with Gasteiger partial charge in [0.05, 0.1) is 16.6 Å². The third-order valence-electron chi connectivity index (χ3n) is 11.9. The number of benzene rings is 9. The molecule has 0 spiro atoms. The normalized spacial score (nSPS) is 11.5. The van der Waals surface area contributed by atoms with E-state index in [0.717, 1.165) is 83.2 Å². The lowest BCUT2D eigenvalue weighted by Gasteiger charge is -2.19. The zero-order chi connectivity index (χ0) is 41.0. The van der Waals surface area contributed by atoms with Gasteiger partial charge in [0.25, 0.3) is 0 Å². The summed E-state index contributed by atoms with van der Waals surface area (Å²) in [6.45, 7) is 0. The Morgan fingerprint density at radius 3 is 1.65 bits per heavy atom. The Labute approximate surface area is 357 Å². The molecule has 0 atom stereocenters. The number of hydrogen-bond donors (Lipinski definition) is 0. The average Bonchev–Trinajstić information content (AvgIpc) is 3.90. The van der Waals surface area contributed by atoms with E-state index in [1.807, 2.05) is 42.5 Å². The smallest absolute Gasteiger partial charge is 0.167 e. The molecule has 0 aliphatic carbocycles. The van der Waals surface area contributed by atoms with Crippen molar-refractivity contribution in [3.63, 3.8) is 0 Å². The summed E-state index contributed by atoms with van der Waals surface area (Å²) in [6.07, 6.45) is 0. The molecule has 12 rings (SSSR count). The highest BCUT2D eigenvalue weighted by Crippen LogP contribution is 2.45. The zero-order valence-electron chi connectivity index (χ0n) is 33.5. The average molecular weight is 793 g/mol.